The van der Waals surface area contributed by atoms with Gasteiger partial charge in [-0.2, -0.15) is 4.98 Å². The number of nitrogens with one attached hydrogen (secondary N) is 1. The summed E-state index contributed by atoms with van der Waals surface area (Å²) >= 11 is 0. The summed E-state index contributed by atoms with van der Waals surface area (Å²) in [6, 6.07) is 7.56. The van der Waals surface area contributed by atoms with Crippen LogP contribution in [0.4, 0.5) is 10.1 Å². The normalized spacial score (nSPS) is 18.8. The van der Waals surface area contributed by atoms with Crippen molar-refractivity contribution in [3.8, 4) is 22.8 Å². The zero-order valence-corrected chi connectivity index (χ0v) is 13.4. The number of nitrogens with zero attached hydrogens (tertiary/aromatic N) is 3. The Bertz CT molecular complexity index is 926. The first-order chi connectivity index (χ1) is 12.1. The number of carbonyl (C=O) groups excluding carboxylic acids is 1. The number of amides is 1. The first-order valence-corrected chi connectivity index (χ1v) is 7.96. The molecule has 2 atom stereocenters. The number of benzene rings is 1. The molecule has 1 saturated carbocycles. The highest BCUT2D eigenvalue weighted by atomic mass is 19.1. The van der Waals surface area contributed by atoms with Crippen LogP contribution in [-0.4, -0.2) is 21.0 Å². The Balaban J connectivity index is 1.66. The van der Waals surface area contributed by atoms with Crippen LogP contribution in [0.2, 0.25) is 0 Å². The van der Waals surface area contributed by atoms with Crippen molar-refractivity contribution in [2.45, 2.75) is 13.3 Å². The molecule has 0 saturated heterocycles. The molecule has 2 aromatic heterocycles. The van der Waals surface area contributed by atoms with Crippen LogP contribution >= 0.6 is 0 Å². The van der Waals surface area contributed by atoms with E-state index >= 15 is 0 Å². The number of rotatable bonds is 4. The predicted octanol–water partition coefficient (Wildman–Crippen LogP) is 3.53. The maximum absolute atomic E-state index is 13.7. The SMILES string of the molecule is C[C@@H]1C[C@H]1C(=O)Nc1ccc(F)cc1-c1nc(-c2ccncc2)no1. The molecule has 4 rings (SSSR count). The molecule has 1 aromatic carbocycles. The highest BCUT2D eigenvalue weighted by Gasteiger charge is 2.39. The van der Waals surface area contributed by atoms with Gasteiger partial charge in [0.15, 0.2) is 0 Å². The van der Waals surface area contributed by atoms with E-state index in [-0.39, 0.29) is 17.7 Å². The Labute approximate surface area is 143 Å². The van der Waals surface area contributed by atoms with Gasteiger partial charge < -0.3 is 9.84 Å². The lowest BCUT2D eigenvalue weighted by Gasteiger charge is -2.08. The predicted molar refractivity (Wildman–Crippen MR) is 88.8 cm³/mol. The van der Waals surface area contributed by atoms with Crippen LogP contribution in [-0.2, 0) is 4.79 Å². The fraction of sp³-hybridized carbons (Fsp3) is 0.222. The van der Waals surface area contributed by atoms with Gasteiger partial charge in [-0.15, -0.1) is 0 Å². The second-order valence-electron chi connectivity index (χ2n) is 6.16. The summed E-state index contributed by atoms with van der Waals surface area (Å²) in [6.45, 7) is 2.02. The molecule has 0 spiro atoms. The molecule has 6 nitrogen and oxygen atoms in total. The van der Waals surface area contributed by atoms with Gasteiger partial charge in [-0.3, -0.25) is 9.78 Å². The molecule has 126 valence electrons. The summed E-state index contributed by atoms with van der Waals surface area (Å²) in [5.41, 5.74) is 1.55. The summed E-state index contributed by atoms with van der Waals surface area (Å²) in [4.78, 5) is 20.5. The van der Waals surface area contributed by atoms with Gasteiger partial charge in [0, 0.05) is 23.9 Å². The van der Waals surface area contributed by atoms with Crippen molar-refractivity contribution < 1.29 is 13.7 Å². The third-order valence-corrected chi connectivity index (χ3v) is 4.28. The second kappa shape index (κ2) is 6.08. The van der Waals surface area contributed by atoms with Crippen molar-refractivity contribution in [2.75, 3.05) is 5.32 Å². The van der Waals surface area contributed by atoms with Crippen LogP contribution in [0.3, 0.4) is 0 Å². The zero-order valence-electron chi connectivity index (χ0n) is 13.4. The molecule has 0 unspecified atom stereocenters. The van der Waals surface area contributed by atoms with Gasteiger partial charge in [-0.1, -0.05) is 12.1 Å². The van der Waals surface area contributed by atoms with E-state index in [1.54, 1.807) is 24.5 Å². The number of halogens is 1. The van der Waals surface area contributed by atoms with E-state index in [9.17, 15) is 9.18 Å². The Morgan fingerprint density at radius 2 is 2.04 bits per heavy atom. The number of anilines is 1. The van der Waals surface area contributed by atoms with E-state index in [0.29, 0.717) is 23.0 Å². The number of pyridine rings is 1. The average molecular weight is 338 g/mol. The van der Waals surface area contributed by atoms with Crippen LogP contribution in [0.5, 0.6) is 0 Å². The van der Waals surface area contributed by atoms with Crippen molar-refractivity contribution in [3.05, 3.63) is 48.5 Å². The Hall–Kier alpha value is -3.09. The molecular weight excluding hydrogens is 323 g/mol. The minimum atomic E-state index is -0.448. The van der Waals surface area contributed by atoms with Gasteiger partial charge in [0.2, 0.25) is 11.7 Å². The zero-order chi connectivity index (χ0) is 17.4. The lowest BCUT2D eigenvalue weighted by Crippen LogP contribution is -2.15. The van der Waals surface area contributed by atoms with Crippen LogP contribution in [0.25, 0.3) is 22.8 Å². The quantitative estimate of drug-likeness (QED) is 0.787. The van der Waals surface area contributed by atoms with Crippen molar-refractivity contribution in [1.29, 1.82) is 0 Å². The Morgan fingerprint density at radius 1 is 1.28 bits per heavy atom. The summed E-state index contributed by atoms with van der Waals surface area (Å²) in [6.07, 6.45) is 4.11. The molecule has 0 aliphatic heterocycles. The van der Waals surface area contributed by atoms with Crippen LogP contribution in [0, 0.1) is 17.7 Å². The van der Waals surface area contributed by atoms with Gasteiger partial charge in [-0.05, 0) is 42.7 Å². The molecule has 1 aliphatic rings. The van der Waals surface area contributed by atoms with Crippen LogP contribution in [0.15, 0.2) is 47.2 Å². The minimum absolute atomic E-state index is 0.00738. The number of hydrogen-bond donors (Lipinski definition) is 1. The highest BCUT2D eigenvalue weighted by Crippen LogP contribution is 2.39. The standard InChI is InChI=1S/C18H15FN4O2/c1-10-8-13(10)17(24)21-15-3-2-12(19)9-14(15)18-22-16(23-25-18)11-4-6-20-7-5-11/h2-7,9-10,13H,8H2,1H3,(H,21,24)/t10-,13-/m1/s1. The van der Waals surface area contributed by atoms with Crippen molar-refractivity contribution in [1.82, 2.24) is 15.1 Å². The molecule has 1 amide bonds. The van der Waals surface area contributed by atoms with Gasteiger partial charge in [0.25, 0.3) is 5.89 Å². The van der Waals surface area contributed by atoms with E-state index < -0.39 is 5.82 Å². The number of hydrogen-bond acceptors (Lipinski definition) is 5. The van der Waals surface area contributed by atoms with Crippen LogP contribution in [0.1, 0.15) is 13.3 Å². The van der Waals surface area contributed by atoms with Crippen molar-refractivity contribution >= 4 is 11.6 Å². The lowest BCUT2D eigenvalue weighted by atomic mass is 10.1. The van der Waals surface area contributed by atoms with Gasteiger partial charge in [0.1, 0.15) is 5.82 Å². The van der Waals surface area contributed by atoms with Gasteiger partial charge in [0.05, 0.1) is 11.3 Å². The van der Waals surface area contributed by atoms with Gasteiger partial charge >= 0.3 is 0 Å². The second-order valence-corrected chi connectivity index (χ2v) is 6.16. The maximum Gasteiger partial charge on any atom is 0.260 e. The maximum atomic E-state index is 13.7. The molecule has 25 heavy (non-hydrogen) atoms. The first kappa shape index (κ1) is 15.4. The number of carbonyl (C=O) groups is 1. The first-order valence-electron chi connectivity index (χ1n) is 7.96. The van der Waals surface area contributed by atoms with E-state index in [1.807, 2.05) is 6.92 Å². The lowest BCUT2D eigenvalue weighted by molar-refractivity contribution is -0.117. The molecule has 1 aliphatic carbocycles. The molecule has 3 aromatic rings. The minimum Gasteiger partial charge on any atom is -0.334 e. The summed E-state index contributed by atoms with van der Waals surface area (Å²) < 4.78 is 19.0. The fourth-order valence-corrected chi connectivity index (χ4v) is 2.67. The molecule has 2 heterocycles. The van der Waals surface area contributed by atoms with E-state index in [4.69, 9.17) is 4.52 Å². The smallest absolute Gasteiger partial charge is 0.260 e. The molecule has 1 fully saturated rings. The Kier molecular flexibility index (Phi) is 3.76. The Morgan fingerprint density at radius 3 is 2.76 bits per heavy atom. The summed E-state index contributed by atoms with van der Waals surface area (Å²) in [5, 5.41) is 6.76. The monoisotopic (exact) mass is 338 g/mol. The largest absolute Gasteiger partial charge is 0.334 e. The average Bonchev–Trinajstić information content (AvgIpc) is 3.17. The molecule has 0 radical (unpaired) electrons. The number of aromatic nitrogens is 3. The third-order valence-electron chi connectivity index (χ3n) is 4.28. The molecule has 7 heteroatoms. The molecule has 1 N–H and O–H groups in total. The van der Waals surface area contributed by atoms with Gasteiger partial charge in [-0.25, -0.2) is 4.39 Å². The van der Waals surface area contributed by atoms with Crippen LogP contribution < -0.4 is 5.32 Å². The fourth-order valence-electron chi connectivity index (χ4n) is 2.67. The third kappa shape index (κ3) is 3.13. The van der Waals surface area contributed by atoms with Crippen molar-refractivity contribution in [3.63, 3.8) is 0 Å². The highest BCUT2D eigenvalue weighted by molar-refractivity contribution is 5.97. The van der Waals surface area contributed by atoms with E-state index in [0.717, 1.165) is 12.0 Å². The molecular formula is C18H15FN4O2. The summed E-state index contributed by atoms with van der Waals surface area (Å²) in [5.74, 6) is 0.379. The van der Waals surface area contributed by atoms with Crippen molar-refractivity contribution in [2.24, 2.45) is 11.8 Å². The summed E-state index contributed by atoms with van der Waals surface area (Å²) in [7, 11) is 0. The topological polar surface area (TPSA) is 80.9 Å². The van der Waals surface area contributed by atoms with E-state index in [1.165, 1.54) is 18.2 Å². The molecule has 0 bridgehead atoms. The van der Waals surface area contributed by atoms with E-state index in [2.05, 4.69) is 20.4 Å².